The van der Waals surface area contributed by atoms with Crippen molar-refractivity contribution in [3.63, 3.8) is 0 Å². The molecule has 0 bridgehead atoms. The zero-order valence-corrected chi connectivity index (χ0v) is 17.1. The quantitative estimate of drug-likeness (QED) is 0.244. The molecule has 0 radical (unpaired) electrons. The Hall–Kier alpha value is -4.29. The second kappa shape index (κ2) is 9.06. The van der Waals surface area contributed by atoms with E-state index in [0.717, 1.165) is 30.3 Å². The molecule has 0 aliphatic heterocycles. The van der Waals surface area contributed by atoms with E-state index < -0.39 is 34.6 Å². The van der Waals surface area contributed by atoms with Crippen molar-refractivity contribution in [1.29, 1.82) is 0 Å². The fourth-order valence-corrected chi connectivity index (χ4v) is 3.08. The molecule has 0 saturated carbocycles. The predicted molar refractivity (Wildman–Crippen MR) is 115 cm³/mol. The van der Waals surface area contributed by atoms with Crippen LogP contribution in [0.25, 0.3) is 10.8 Å². The van der Waals surface area contributed by atoms with Crippen LogP contribution < -0.4 is 4.74 Å². The summed E-state index contributed by atoms with van der Waals surface area (Å²) in [7, 11) is 1.29. The van der Waals surface area contributed by atoms with Crippen molar-refractivity contribution in [1.82, 2.24) is 0 Å². The molecule has 0 heterocycles. The van der Waals surface area contributed by atoms with Crippen LogP contribution >= 0.6 is 0 Å². The van der Waals surface area contributed by atoms with Gasteiger partial charge < -0.3 is 4.74 Å². The molecule has 0 N–H and O–H groups in total. The van der Waals surface area contributed by atoms with Crippen LogP contribution in [0, 0.1) is 52.8 Å². The Morgan fingerprint density at radius 1 is 0.545 bits per heavy atom. The van der Waals surface area contributed by atoms with Gasteiger partial charge in [-0.2, -0.15) is 0 Å². The molecule has 4 rings (SSSR count). The number of benzene rings is 4. The van der Waals surface area contributed by atoms with E-state index in [9.17, 15) is 22.0 Å². The number of hydrogen-bond acceptors (Lipinski definition) is 1. The van der Waals surface area contributed by atoms with E-state index in [1.54, 1.807) is 18.2 Å². The molecule has 1 nitrogen and oxygen atoms in total. The highest BCUT2D eigenvalue weighted by Gasteiger charge is 2.10. The molecule has 0 saturated heterocycles. The number of methoxy groups -OCH3 is 1. The highest BCUT2D eigenvalue weighted by Crippen LogP contribution is 2.21. The van der Waals surface area contributed by atoms with Gasteiger partial charge in [-0.1, -0.05) is 29.7 Å². The van der Waals surface area contributed by atoms with Crippen molar-refractivity contribution in [3.05, 3.63) is 112 Å². The first-order valence-corrected chi connectivity index (χ1v) is 9.59. The van der Waals surface area contributed by atoms with Gasteiger partial charge in [0.2, 0.25) is 0 Å². The molecule has 0 aliphatic carbocycles. The number of rotatable bonds is 1. The zero-order valence-electron chi connectivity index (χ0n) is 17.1. The molecule has 0 unspecified atom stereocenters. The maximum Gasteiger partial charge on any atom is 0.159 e. The van der Waals surface area contributed by atoms with Gasteiger partial charge in [-0.15, -0.1) is 0 Å². The van der Waals surface area contributed by atoms with Gasteiger partial charge in [0.05, 0.1) is 18.2 Å². The lowest BCUT2D eigenvalue weighted by atomic mass is 10.1. The summed E-state index contributed by atoms with van der Waals surface area (Å²) in [6.45, 7) is 0. The van der Waals surface area contributed by atoms with Crippen LogP contribution in [-0.4, -0.2) is 7.11 Å². The molecular weight excluding hydrogens is 435 g/mol. The smallest absolute Gasteiger partial charge is 0.159 e. The number of halogens is 5. The molecule has 6 heteroatoms. The largest absolute Gasteiger partial charge is 0.497 e. The Kier molecular flexibility index (Phi) is 6.02. The van der Waals surface area contributed by atoms with Crippen molar-refractivity contribution in [3.8, 4) is 29.4 Å². The first-order chi connectivity index (χ1) is 15.8. The topological polar surface area (TPSA) is 9.23 Å². The Morgan fingerprint density at radius 2 is 1.15 bits per heavy atom. The van der Waals surface area contributed by atoms with Crippen molar-refractivity contribution < 1.29 is 26.7 Å². The highest BCUT2D eigenvalue weighted by atomic mass is 19.2. The van der Waals surface area contributed by atoms with Gasteiger partial charge in [0.25, 0.3) is 0 Å². The number of ether oxygens (including phenoxy) is 1. The Morgan fingerprint density at radius 3 is 1.82 bits per heavy atom. The Bertz CT molecular complexity index is 1490. The first-order valence-electron chi connectivity index (χ1n) is 9.59. The maximum atomic E-state index is 14.5. The molecule has 4 aromatic rings. The minimum absolute atomic E-state index is 0.0215. The first kappa shape index (κ1) is 21.9. The van der Waals surface area contributed by atoms with E-state index in [1.165, 1.54) is 19.2 Å². The van der Waals surface area contributed by atoms with Gasteiger partial charge in [-0.05, 0) is 53.2 Å². The molecule has 0 fully saturated rings. The standard InChI is InChI=1S/C27H13F5O/c1-33-21-14-24(29)22(25(30)15-21)9-5-17-3-7-18(23(28)11-17)6-2-16-4-8-19-12-26(31)27(32)13-20(19)10-16/h3-4,7-8,10-15H,1H3. The van der Waals surface area contributed by atoms with Gasteiger partial charge in [0.1, 0.15) is 23.2 Å². The molecule has 4 aromatic carbocycles. The maximum absolute atomic E-state index is 14.5. The van der Waals surface area contributed by atoms with Crippen molar-refractivity contribution in [2.45, 2.75) is 0 Å². The Labute approximate surface area is 186 Å². The predicted octanol–water partition coefficient (Wildman–Crippen LogP) is 6.34. The minimum atomic E-state index is -0.968. The molecule has 162 valence electrons. The number of hydrogen-bond donors (Lipinski definition) is 0. The summed E-state index contributed by atoms with van der Waals surface area (Å²) in [5, 5.41) is 0.975. The van der Waals surface area contributed by atoms with Gasteiger partial charge in [-0.25, -0.2) is 22.0 Å². The summed E-state index contributed by atoms with van der Waals surface area (Å²) < 4.78 is 74.0. The molecule has 0 spiro atoms. The van der Waals surface area contributed by atoms with Crippen LogP contribution in [0.5, 0.6) is 5.75 Å². The van der Waals surface area contributed by atoms with E-state index in [0.29, 0.717) is 16.3 Å². The average Bonchev–Trinajstić information content (AvgIpc) is 2.78. The van der Waals surface area contributed by atoms with E-state index >= 15 is 0 Å². The summed E-state index contributed by atoms with van der Waals surface area (Å²) in [6.07, 6.45) is 0. The van der Waals surface area contributed by atoms with Gasteiger partial charge >= 0.3 is 0 Å². The Balaban J connectivity index is 1.59. The van der Waals surface area contributed by atoms with Crippen LogP contribution in [-0.2, 0) is 0 Å². The number of fused-ring (bicyclic) bond motifs is 1. The fourth-order valence-electron chi connectivity index (χ4n) is 3.08. The van der Waals surface area contributed by atoms with Crippen LogP contribution in [0.15, 0.2) is 60.7 Å². The molecule has 0 atom stereocenters. The van der Waals surface area contributed by atoms with Gasteiger partial charge in [-0.3, -0.25) is 0 Å². The SMILES string of the molecule is COc1cc(F)c(C#Cc2ccc(C#Cc3ccc4cc(F)c(F)cc4c3)c(F)c2)c(F)c1. The third-order valence-electron chi connectivity index (χ3n) is 4.77. The van der Waals surface area contributed by atoms with Crippen molar-refractivity contribution in [2.24, 2.45) is 0 Å². The summed E-state index contributed by atoms with van der Waals surface area (Å²) in [6, 6.07) is 12.9. The molecule has 0 aromatic heterocycles. The summed E-state index contributed by atoms with van der Waals surface area (Å²) in [5.74, 6) is 6.01. The third kappa shape index (κ3) is 4.81. The second-order valence-corrected chi connectivity index (χ2v) is 6.99. The third-order valence-corrected chi connectivity index (χ3v) is 4.77. The van der Waals surface area contributed by atoms with E-state index in [4.69, 9.17) is 4.74 Å². The van der Waals surface area contributed by atoms with Crippen LogP contribution in [0.1, 0.15) is 22.3 Å². The lowest BCUT2D eigenvalue weighted by molar-refractivity contribution is 0.406. The molecule has 33 heavy (non-hydrogen) atoms. The van der Waals surface area contributed by atoms with Crippen LogP contribution in [0.4, 0.5) is 22.0 Å². The van der Waals surface area contributed by atoms with E-state index in [2.05, 4.69) is 23.7 Å². The lowest BCUT2D eigenvalue weighted by Gasteiger charge is -2.02. The molecular formula is C27H13F5O. The van der Waals surface area contributed by atoms with Crippen molar-refractivity contribution >= 4 is 10.8 Å². The molecule has 0 aliphatic rings. The minimum Gasteiger partial charge on any atom is -0.497 e. The van der Waals surface area contributed by atoms with E-state index in [-0.39, 0.29) is 16.9 Å². The summed E-state index contributed by atoms with van der Waals surface area (Å²) in [5.41, 5.74) is 0.318. The normalized spacial score (nSPS) is 10.2. The van der Waals surface area contributed by atoms with Crippen LogP contribution in [0.2, 0.25) is 0 Å². The van der Waals surface area contributed by atoms with Crippen molar-refractivity contribution in [2.75, 3.05) is 7.11 Å². The monoisotopic (exact) mass is 448 g/mol. The van der Waals surface area contributed by atoms with Gasteiger partial charge in [0.15, 0.2) is 11.6 Å². The van der Waals surface area contributed by atoms with E-state index in [1.807, 2.05) is 0 Å². The second-order valence-electron chi connectivity index (χ2n) is 6.99. The molecule has 0 amide bonds. The summed E-state index contributed by atoms with van der Waals surface area (Å²) in [4.78, 5) is 0. The lowest BCUT2D eigenvalue weighted by Crippen LogP contribution is -1.93. The fraction of sp³-hybridized carbons (Fsp3) is 0.0370. The summed E-state index contributed by atoms with van der Waals surface area (Å²) >= 11 is 0. The van der Waals surface area contributed by atoms with Gasteiger partial charge in [0, 0.05) is 23.3 Å². The average molecular weight is 448 g/mol. The zero-order chi connectivity index (χ0) is 23.5. The highest BCUT2D eigenvalue weighted by molar-refractivity contribution is 5.84. The van der Waals surface area contributed by atoms with Crippen LogP contribution in [0.3, 0.4) is 0 Å².